The van der Waals surface area contributed by atoms with Gasteiger partial charge >= 0.3 is 0 Å². The van der Waals surface area contributed by atoms with E-state index in [9.17, 15) is 9.50 Å². The summed E-state index contributed by atoms with van der Waals surface area (Å²) in [5.74, 6) is 0.417. The average molecular weight is 325 g/mol. The highest BCUT2D eigenvalue weighted by molar-refractivity contribution is 9.10. The van der Waals surface area contributed by atoms with Gasteiger partial charge in [-0.25, -0.2) is 4.39 Å². The van der Waals surface area contributed by atoms with Gasteiger partial charge < -0.3 is 9.84 Å². The van der Waals surface area contributed by atoms with Crippen molar-refractivity contribution in [2.45, 2.75) is 12.5 Å². The van der Waals surface area contributed by atoms with Crippen LogP contribution >= 0.6 is 15.9 Å². The summed E-state index contributed by atoms with van der Waals surface area (Å²) < 4.78 is 18.9. The first-order chi connectivity index (χ1) is 9.15. The quantitative estimate of drug-likeness (QED) is 0.911. The Balaban J connectivity index is 1.87. The lowest BCUT2D eigenvalue weighted by atomic mass is 10.1. The van der Waals surface area contributed by atoms with E-state index in [1.165, 1.54) is 6.07 Å². The number of aliphatic hydroxyl groups excluding tert-OH is 1. The van der Waals surface area contributed by atoms with Crippen molar-refractivity contribution in [2.75, 3.05) is 6.61 Å². The largest absolute Gasteiger partial charge is 0.491 e. The number of halogens is 2. The smallest absolute Gasteiger partial charge is 0.137 e. The zero-order chi connectivity index (χ0) is 13.7. The molecule has 4 heteroatoms. The van der Waals surface area contributed by atoms with Crippen molar-refractivity contribution < 1.29 is 14.2 Å². The van der Waals surface area contributed by atoms with Gasteiger partial charge in [-0.3, -0.25) is 0 Å². The standard InChI is InChI=1S/C15H14BrFO2/c16-14-9-11(6-7-15(14)17)8-12(18)10-19-13-4-2-1-3-5-13/h1-7,9,12,18H,8,10H2. The number of rotatable bonds is 5. The Bertz CT molecular complexity index is 531. The van der Waals surface area contributed by atoms with E-state index in [1.807, 2.05) is 30.3 Å². The number of aliphatic hydroxyl groups is 1. The summed E-state index contributed by atoms with van der Waals surface area (Å²) in [5.41, 5.74) is 0.859. The Kier molecular flexibility index (Phi) is 4.93. The molecule has 0 spiro atoms. The predicted molar refractivity (Wildman–Crippen MR) is 75.7 cm³/mol. The third kappa shape index (κ3) is 4.33. The second kappa shape index (κ2) is 6.68. The van der Waals surface area contributed by atoms with Gasteiger partial charge in [-0.1, -0.05) is 24.3 Å². The van der Waals surface area contributed by atoms with Crippen LogP contribution in [0.4, 0.5) is 4.39 Å². The van der Waals surface area contributed by atoms with Crippen molar-refractivity contribution in [1.82, 2.24) is 0 Å². The van der Waals surface area contributed by atoms with Crippen LogP contribution in [0.2, 0.25) is 0 Å². The van der Waals surface area contributed by atoms with Crippen LogP contribution in [0.25, 0.3) is 0 Å². The van der Waals surface area contributed by atoms with E-state index in [0.29, 0.717) is 10.9 Å². The lowest BCUT2D eigenvalue weighted by Gasteiger charge is -2.12. The van der Waals surface area contributed by atoms with Crippen molar-refractivity contribution in [3.05, 3.63) is 64.4 Å². The number of hydrogen-bond donors (Lipinski definition) is 1. The minimum Gasteiger partial charge on any atom is -0.491 e. The third-order valence-corrected chi connectivity index (χ3v) is 3.25. The maximum absolute atomic E-state index is 13.1. The van der Waals surface area contributed by atoms with E-state index >= 15 is 0 Å². The second-order valence-electron chi connectivity index (χ2n) is 4.23. The molecule has 2 aromatic rings. The summed E-state index contributed by atoms with van der Waals surface area (Å²) in [6, 6.07) is 14.0. The normalized spacial score (nSPS) is 12.2. The molecule has 0 saturated carbocycles. The summed E-state index contributed by atoms with van der Waals surface area (Å²) in [6.45, 7) is 0.207. The van der Waals surface area contributed by atoms with Crippen LogP contribution in [0.1, 0.15) is 5.56 Å². The van der Waals surface area contributed by atoms with Gasteiger partial charge in [0.1, 0.15) is 18.2 Å². The number of benzene rings is 2. The highest BCUT2D eigenvalue weighted by atomic mass is 79.9. The average Bonchev–Trinajstić information content (AvgIpc) is 2.42. The minimum absolute atomic E-state index is 0.207. The lowest BCUT2D eigenvalue weighted by Crippen LogP contribution is -2.20. The maximum Gasteiger partial charge on any atom is 0.137 e. The molecule has 1 N–H and O–H groups in total. The minimum atomic E-state index is -0.627. The van der Waals surface area contributed by atoms with E-state index in [1.54, 1.807) is 12.1 Å². The lowest BCUT2D eigenvalue weighted by molar-refractivity contribution is 0.107. The van der Waals surface area contributed by atoms with E-state index in [4.69, 9.17) is 4.74 Å². The summed E-state index contributed by atoms with van der Waals surface area (Å²) in [6.07, 6.45) is -0.205. The van der Waals surface area contributed by atoms with Crippen LogP contribution in [0.5, 0.6) is 5.75 Å². The molecular formula is C15H14BrFO2. The Hall–Kier alpha value is -1.39. The van der Waals surface area contributed by atoms with E-state index in [2.05, 4.69) is 15.9 Å². The molecule has 2 aromatic carbocycles. The van der Waals surface area contributed by atoms with Gasteiger partial charge in [-0.15, -0.1) is 0 Å². The fourth-order valence-electron chi connectivity index (χ4n) is 1.71. The number of para-hydroxylation sites is 1. The molecule has 1 atom stereocenters. The van der Waals surface area contributed by atoms with E-state index < -0.39 is 6.10 Å². The molecule has 2 rings (SSSR count). The summed E-state index contributed by atoms with van der Waals surface area (Å²) in [4.78, 5) is 0. The van der Waals surface area contributed by atoms with E-state index in [-0.39, 0.29) is 12.4 Å². The topological polar surface area (TPSA) is 29.5 Å². The monoisotopic (exact) mass is 324 g/mol. The fraction of sp³-hybridized carbons (Fsp3) is 0.200. The molecule has 0 heterocycles. The zero-order valence-corrected chi connectivity index (χ0v) is 11.8. The SMILES string of the molecule is OC(COc1ccccc1)Cc1ccc(F)c(Br)c1. The van der Waals surface area contributed by atoms with Crippen molar-refractivity contribution >= 4 is 15.9 Å². The Morgan fingerprint density at radius 3 is 2.58 bits per heavy atom. The summed E-state index contributed by atoms with van der Waals surface area (Å²) in [5, 5.41) is 9.89. The molecule has 0 aromatic heterocycles. The molecule has 0 amide bonds. The van der Waals surface area contributed by atoms with Gasteiger partial charge in [0, 0.05) is 6.42 Å². The molecule has 0 aliphatic carbocycles. The van der Waals surface area contributed by atoms with Crippen molar-refractivity contribution in [2.24, 2.45) is 0 Å². The number of hydrogen-bond acceptors (Lipinski definition) is 2. The highest BCUT2D eigenvalue weighted by Crippen LogP contribution is 2.18. The van der Waals surface area contributed by atoms with Gasteiger partial charge in [-0.05, 0) is 45.8 Å². The predicted octanol–water partition coefficient (Wildman–Crippen LogP) is 3.57. The molecule has 0 aliphatic rings. The second-order valence-corrected chi connectivity index (χ2v) is 5.08. The molecule has 0 bridgehead atoms. The third-order valence-electron chi connectivity index (χ3n) is 2.64. The van der Waals surface area contributed by atoms with Crippen LogP contribution in [-0.4, -0.2) is 17.8 Å². The molecule has 2 nitrogen and oxygen atoms in total. The molecule has 0 fully saturated rings. The van der Waals surface area contributed by atoms with Gasteiger partial charge in [0.2, 0.25) is 0 Å². The maximum atomic E-state index is 13.1. The zero-order valence-electron chi connectivity index (χ0n) is 10.2. The Morgan fingerprint density at radius 2 is 1.89 bits per heavy atom. The molecule has 0 saturated heterocycles. The van der Waals surface area contributed by atoms with Gasteiger partial charge in [0.05, 0.1) is 10.6 Å². The van der Waals surface area contributed by atoms with Crippen LogP contribution < -0.4 is 4.74 Å². The van der Waals surface area contributed by atoms with Crippen LogP contribution in [0, 0.1) is 5.82 Å². The number of ether oxygens (including phenoxy) is 1. The first-order valence-electron chi connectivity index (χ1n) is 5.95. The summed E-state index contributed by atoms with van der Waals surface area (Å²) in [7, 11) is 0. The van der Waals surface area contributed by atoms with Gasteiger partial charge in [0.15, 0.2) is 0 Å². The fourth-order valence-corrected chi connectivity index (χ4v) is 2.13. The first kappa shape index (κ1) is 14.0. The summed E-state index contributed by atoms with van der Waals surface area (Å²) >= 11 is 3.12. The van der Waals surface area contributed by atoms with Crippen LogP contribution in [-0.2, 0) is 6.42 Å². The van der Waals surface area contributed by atoms with Gasteiger partial charge in [-0.2, -0.15) is 0 Å². The van der Waals surface area contributed by atoms with Crippen LogP contribution in [0.15, 0.2) is 53.0 Å². The Morgan fingerprint density at radius 1 is 1.16 bits per heavy atom. The molecule has 0 radical (unpaired) electrons. The highest BCUT2D eigenvalue weighted by Gasteiger charge is 2.08. The van der Waals surface area contributed by atoms with Crippen molar-refractivity contribution in [3.63, 3.8) is 0 Å². The van der Waals surface area contributed by atoms with Crippen LogP contribution in [0.3, 0.4) is 0 Å². The molecule has 0 aliphatic heterocycles. The Labute approximate surface area is 120 Å². The van der Waals surface area contributed by atoms with Crippen molar-refractivity contribution in [3.8, 4) is 5.75 Å². The molecule has 100 valence electrons. The van der Waals surface area contributed by atoms with Gasteiger partial charge in [0.25, 0.3) is 0 Å². The molecule has 1 unspecified atom stereocenters. The van der Waals surface area contributed by atoms with Crippen molar-refractivity contribution in [1.29, 1.82) is 0 Å². The molecule has 19 heavy (non-hydrogen) atoms. The first-order valence-corrected chi connectivity index (χ1v) is 6.74. The molecular weight excluding hydrogens is 311 g/mol. The van der Waals surface area contributed by atoms with E-state index in [0.717, 1.165) is 11.3 Å².